The minimum absolute atomic E-state index is 0.0448. The van der Waals surface area contributed by atoms with Crippen LogP contribution in [0.25, 0.3) is 0 Å². The zero-order valence-corrected chi connectivity index (χ0v) is 8.66. The van der Waals surface area contributed by atoms with E-state index in [9.17, 15) is 21.6 Å². The Morgan fingerprint density at radius 2 is 1.86 bits per heavy atom. The highest BCUT2D eigenvalue weighted by Gasteiger charge is 2.36. The molecule has 0 radical (unpaired) electrons. The van der Waals surface area contributed by atoms with Crippen molar-refractivity contribution in [2.75, 3.05) is 11.5 Å². The molecule has 1 unspecified atom stereocenters. The highest BCUT2D eigenvalue weighted by Crippen LogP contribution is 2.21. The molecule has 0 rings (SSSR count). The number of alkyl halides is 3. The lowest BCUT2D eigenvalue weighted by Gasteiger charge is -2.14. The van der Waals surface area contributed by atoms with Crippen LogP contribution in [0.2, 0.25) is 0 Å². The van der Waals surface area contributed by atoms with Gasteiger partial charge in [0.05, 0.1) is 5.75 Å². The summed E-state index contributed by atoms with van der Waals surface area (Å²) in [6, 6.07) is -1.92. The van der Waals surface area contributed by atoms with E-state index >= 15 is 0 Å². The maximum atomic E-state index is 11.9. The average Bonchev–Trinajstić information content (AvgIpc) is 2.02. The maximum Gasteiger partial charge on any atom is 0.403 e. The Morgan fingerprint density at radius 3 is 2.21 bits per heavy atom. The molecule has 0 bridgehead atoms. The molecule has 0 aliphatic carbocycles. The molecule has 14 heavy (non-hydrogen) atoms. The van der Waals surface area contributed by atoms with Crippen molar-refractivity contribution in [3.63, 3.8) is 0 Å². The molecule has 0 aromatic heterocycles. The number of nitrogens with two attached hydrogens (primary N) is 1. The molecule has 0 saturated heterocycles. The van der Waals surface area contributed by atoms with Gasteiger partial charge in [0.25, 0.3) is 0 Å². The largest absolute Gasteiger partial charge is 0.403 e. The summed E-state index contributed by atoms with van der Waals surface area (Å²) in [6.07, 6.45) is -4.82. The average molecular weight is 233 g/mol. The van der Waals surface area contributed by atoms with Crippen LogP contribution in [0.1, 0.15) is 19.8 Å². The van der Waals surface area contributed by atoms with Crippen molar-refractivity contribution >= 4 is 9.84 Å². The van der Waals surface area contributed by atoms with Crippen molar-refractivity contribution in [1.29, 1.82) is 0 Å². The van der Waals surface area contributed by atoms with Crippen LogP contribution >= 0.6 is 0 Å². The van der Waals surface area contributed by atoms with Gasteiger partial charge in [-0.2, -0.15) is 13.2 Å². The first-order chi connectivity index (χ1) is 6.19. The summed E-state index contributed by atoms with van der Waals surface area (Å²) >= 11 is 0. The molecule has 2 N–H and O–H groups in total. The van der Waals surface area contributed by atoms with Gasteiger partial charge in [0.2, 0.25) is 0 Å². The molecular weight excluding hydrogens is 219 g/mol. The summed E-state index contributed by atoms with van der Waals surface area (Å²) in [4.78, 5) is 0. The first-order valence-electron chi connectivity index (χ1n) is 4.21. The highest BCUT2D eigenvalue weighted by molar-refractivity contribution is 7.91. The van der Waals surface area contributed by atoms with Crippen molar-refractivity contribution < 1.29 is 21.6 Å². The van der Waals surface area contributed by atoms with Gasteiger partial charge in [-0.25, -0.2) is 8.42 Å². The molecule has 86 valence electrons. The van der Waals surface area contributed by atoms with E-state index in [0.29, 0.717) is 0 Å². The Morgan fingerprint density at radius 1 is 1.36 bits per heavy atom. The van der Waals surface area contributed by atoms with Gasteiger partial charge < -0.3 is 5.73 Å². The Kier molecular flexibility index (Phi) is 4.87. The van der Waals surface area contributed by atoms with Crippen LogP contribution < -0.4 is 5.73 Å². The van der Waals surface area contributed by atoms with Crippen molar-refractivity contribution in [2.24, 2.45) is 5.73 Å². The van der Waals surface area contributed by atoms with Gasteiger partial charge >= 0.3 is 6.18 Å². The van der Waals surface area contributed by atoms with Crippen molar-refractivity contribution in [3.05, 3.63) is 0 Å². The molecule has 0 fully saturated rings. The quantitative estimate of drug-likeness (QED) is 0.773. The second-order valence-corrected chi connectivity index (χ2v) is 5.50. The molecular formula is C7H14F3NO2S. The molecule has 1 atom stereocenters. The standard InChI is InChI=1S/C7H14F3NO2S/c1-2-14(12,13)5-3-4-6(11)7(8,9)10/h6H,2-5,11H2,1H3. The molecule has 0 aliphatic rings. The summed E-state index contributed by atoms with van der Waals surface area (Å²) < 4.78 is 57.4. The molecule has 0 heterocycles. The second-order valence-electron chi connectivity index (χ2n) is 3.03. The van der Waals surface area contributed by atoms with E-state index < -0.39 is 22.1 Å². The smallest absolute Gasteiger partial charge is 0.320 e. The van der Waals surface area contributed by atoms with Gasteiger partial charge in [-0.05, 0) is 12.8 Å². The lowest BCUT2D eigenvalue weighted by Crippen LogP contribution is -2.37. The Labute approximate surface area is 81.4 Å². The van der Waals surface area contributed by atoms with Crippen LogP contribution in [0.3, 0.4) is 0 Å². The SMILES string of the molecule is CCS(=O)(=O)CCCC(N)C(F)(F)F. The Balaban J connectivity index is 3.87. The van der Waals surface area contributed by atoms with E-state index in [1.54, 1.807) is 0 Å². The van der Waals surface area contributed by atoms with Crippen LogP contribution in [-0.2, 0) is 9.84 Å². The fourth-order valence-corrected chi connectivity index (χ4v) is 1.73. The zero-order valence-electron chi connectivity index (χ0n) is 7.84. The van der Waals surface area contributed by atoms with E-state index in [1.807, 2.05) is 0 Å². The first-order valence-corrected chi connectivity index (χ1v) is 6.04. The van der Waals surface area contributed by atoms with E-state index in [-0.39, 0.29) is 24.3 Å². The number of rotatable bonds is 5. The summed E-state index contributed by atoms with van der Waals surface area (Å²) in [5.41, 5.74) is 4.80. The van der Waals surface area contributed by atoms with Gasteiger partial charge in [0.15, 0.2) is 0 Å². The third-order valence-corrected chi connectivity index (χ3v) is 3.62. The summed E-state index contributed by atoms with van der Waals surface area (Å²) in [5, 5.41) is 0. The van der Waals surface area contributed by atoms with Gasteiger partial charge in [-0.3, -0.25) is 0 Å². The predicted molar refractivity (Wildman–Crippen MR) is 47.6 cm³/mol. The summed E-state index contributed by atoms with van der Waals surface area (Å²) in [7, 11) is -3.18. The van der Waals surface area contributed by atoms with E-state index in [2.05, 4.69) is 0 Å². The number of hydrogen-bond donors (Lipinski definition) is 1. The second kappa shape index (κ2) is 4.97. The number of halogens is 3. The van der Waals surface area contributed by atoms with Gasteiger partial charge in [0, 0.05) is 5.75 Å². The topological polar surface area (TPSA) is 60.2 Å². The van der Waals surface area contributed by atoms with Crippen LogP contribution in [-0.4, -0.2) is 32.1 Å². The minimum atomic E-state index is -4.43. The minimum Gasteiger partial charge on any atom is -0.320 e. The molecule has 0 saturated carbocycles. The number of sulfone groups is 1. The van der Waals surface area contributed by atoms with Crippen LogP contribution in [0, 0.1) is 0 Å². The lowest BCUT2D eigenvalue weighted by atomic mass is 10.2. The van der Waals surface area contributed by atoms with Gasteiger partial charge in [0.1, 0.15) is 15.9 Å². The Hall–Kier alpha value is -0.300. The Bertz CT molecular complexity index is 261. The third kappa shape index (κ3) is 5.43. The monoisotopic (exact) mass is 233 g/mol. The zero-order chi connectivity index (χ0) is 11.4. The molecule has 0 aromatic rings. The van der Waals surface area contributed by atoms with Gasteiger partial charge in [-0.1, -0.05) is 6.92 Å². The molecule has 0 spiro atoms. The highest BCUT2D eigenvalue weighted by atomic mass is 32.2. The first kappa shape index (κ1) is 13.7. The normalized spacial score (nSPS) is 15.5. The van der Waals surface area contributed by atoms with Gasteiger partial charge in [-0.15, -0.1) is 0 Å². The van der Waals surface area contributed by atoms with Crippen molar-refractivity contribution in [2.45, 2.75) is 32.0 Å². The molecule has 0 aromatic carbocycles. The fourth-order valence-electron chi connectivity index (χ4n) is 0.831. The predicted octanol–water partition coefficient (Wildman–Crippen LogP) is 1.09. The van der Waals surface area contributed by atoms with Crippen LogP contribution in [0.4, 0.5) is 13.2 Å². The van der Waals surface area contributed by atoms with Crippen LogP contribution in [0.15, 0.2) is 0 Å². The van der Waals surface area contributed by atoms with E-state index in [1.165, 1.54) is 6.92 Å². The van der Waals surface area contributed by atoms with Crippen LogP contribution in [0.5, 0.6) is 0 Å². The van der Waals surface area contributed by atoms with Crippen molar-refractivity contribution in [3.8, 4) is 0 Å². The fraction of sp³-hybridized carbons (Fsp3) is 1.00. The molecule has 0 aliphatic heterocycles. The lowest BCUT2D eigenvalue weighted by molar-refractivity contribution is -0.148. The van der Waals surface area contributed by atoms with E-state index in [4.69, 9.17) is 5.73 Å². The molecule has 7 heteroatoms. The summed E-state index contributed by atoms with van der Waals surface area (Å²) in [6.45, 7) is 1.46. The molecule has 3 nitrogen and oxygen atoms in total. The van der Waals surface area contributed by atoms with E-state index in [0.717, 1.165) is 0 Å². The third-order valence-electron chi connectivity index (χ3n) is 1.83. The summed E-state index contributed by atoms with van der Waals surface area (Å²) in [5.74, 6) is -0.276. The maximum absolute atomic E-state index is 11.9. The number of hydrogen-bond acceptors (Lipinski definition) is 3. The molecule has 0 amide bonds. The van der Waals surface area contributed by atoms with Crippen molar-refractivity contribution in [1.82, 2.24) is 0 Å².